The van der Waals surface area contributed by atoms with Crippen LogP contribution in [0.25, 0.3) is 11.1 Å². The van der Waals surface area contributed by atoms with Crippen LogP contribution in [0.2, 0.25) is 0 Å². The van der Waals surface area contributed by atoms with E-state index in [4.69, 9.17) is 14.3 Å². The molecule has 0 unspecified atom stereocenters. The van der Waals surface area contributed by atoms with Crippen molar-refractivity contribution < 1.29 is 23.9 Å². The van der Waals surface area contributed by atoms with Gasteiger partial charge in [-0.05, 0) is 56.2 Å². The Labute approximate surface area is 188 Å². The number of amides is 2. The minimum atomic E-state index is -0.472. The summed E-state index contributed by atoms with van der Waals surface area (Å²) in [6.45, 7) is 9.87. The summed E-state index contributed by atoms with van der Waals surface area (Å²) in [7, 11) is 0. The highest BCUT2D eigenvalue weighted by atomic mass is 16.6. The number of rotatable bonds is 3. The average Bonchev–Trinajstić information content (AvgIpc) is 2.74. The lowest BCUT2D eigenvalue weighted by Gasteiger charge is -2.36. The van der Waals surface area contributed by atoms with Crippen molar-refractivity contribution >= 4 is 24.2 Å². The molecular weight excluding hydrogens is 410 g/mol. The van der Waals surface area contributed by atoms with Crippen LogP contribution in [0.1, 0.15) is 27.7 Å². The molecule has 1 aliphatic rings. The lowest BCUT2D eigenvalue weighted by Crippen LogP contribution is -2.50. The monoisotopic (exact) mass is 441 g/mol. The molecule has 32 heavy (non-hydrogen) atoms. The molecule has 0 aromatic heterocycles. The zero-order chi connectivity index (χ0) is 23.7. The number of anilines is 1. The molecule has 1 saturated heterocycles. The van der Waals surface area contributed by atoms with E-state index in [2.05, 4.69) is 34.9 Å². The van der Waals surface area contributed by atoms with Crippen LogP contribution in [-0.2, 0) is 14.3 Å². The first-order chi connectivity index (χ1) is 15.1. The predicted molar refractivity (Wildman–Crippen MR) is 123 cm³/mol. The summed E-state index contributed by atoms with van der Waals surface area (Å²) in [6.07, 6.45) is 0.00435. The standard InChI is InChI=1S/C23H28N2O4.CH3NO/c1-17(26)28-21-11-7-19(8-12-21)18-5-9-20(10-6-18)24-13-15-25(16-14-24)22(27)29-23(2,3)4;2-1-3/h5-12H,13-16H2,1-4H3;1H,(H2,2,3). The number of carbonyl (C=O) groups is 3. The van der Waals surface area contributed by atoms with Crippen molar-refractivity contribution in [3.63, 3.8) is 0 Å². The molecule has 172 valence electrons. The van der Waals surface area contributed by atoms with Gasteiger partial charge in [0.05, 0.1) is 0 Å². The van der Waals surface area contributed by atoms with Crippen LogP contribution >= 0.6 is 0 Å². The summed E-state index contributed by atoms with van der Waals surface area (Å²) in [5.74, 6) is 0.217. The Hall–Kier alpha value is -3.55. The molecule has 8 heteroatoms. The third kappa shape index (κ3) is 7.61. The number of piperazine rings is 1. The molecule has 2 amide bonds. The van der Waals surface area contributed by atoms with Crippen LogP contribution in [0.15, 0.2) is 48.5 Å². The zero-order valence-corrected chi connectivity index (χ0v) is 19.0. The number of hydrogen-bond donors (Lipinski definition) is 1. The third-order valence-electron chi connectivity index (χ3n) is 4.61. The van der Waals surface area contributed by atoms with E-state index in [-0.39, 0.29) is 18.5 Å². The quantitative estimate of drug-likeness (QED) is 0.445. The fraction of sp³-hybridized carbons (Fsp3) is 0.375. The van der Waals surface area contributed by atoms with E-state index in [0.717, 1.165) is 29.9 Å². The first-order valence-corrected chi connectivity index (χ1v) is 10.4. The van der Waals surface area contributed by atoms with Gasteiger partial charge in [-0.15, -0.1) is 0 Å². The van der Waals surface area contributed by atoms with Gasteiger partial charge in [0.25, 0.3) is 0 Å². The normalized spacial score (nSPS) is 13.5. The fourth-order valence-corrected chi connectivity index (χ4v) is 3.22. The smallest absolute Gasteiger partial charge is 0.410 e. The highest BCUT2D eigenvalue weighted by Gasteiger charge is 2.25. The van der Waals surface area contributed by atoms with Gasteiger partial charge >= 0.3 is 12.1 Å². The fourth-order valence-electron chi connectivity index (χ4n) is 3.22. The number of primary amides is 1. The van der Waals surface area contributed by atoms with E-state index in [9.17, 15) is 9.59 Å². The molecule has 1 fully saturated rings. The minimum Gasteiger partial charge on any atom is -0.444 e. The van der Waals surface area contributed by atoms with Gasteiger partial charge in [0.1, 0.15) is 11.4 Å². The molecule has 2 aromatic carbocycles. The number of hydrogen-bond acceptors (Lipinski definition) is 6. The van der Waals surface area contributed by atoms with E-state index in [0.29, 0.717) is 18.8 Å². The maximum absolute atomic E-state index is 12.2. The average molecular weight is 442 g/mol. The van der Waals surface area contributed by atoms with Gasteiger partial charge in [-0.2, -0.15) is 0 Å². The van der Waals surface area contributed by atoms with Crippen molar-refractivity contribution in [1.29, 1.82) is 0 Å². The van der Waals surface area contributed by atoms with E-state index in [1.54, 1.807) is 17.0 Å². The summed E-state index contributed by atoms with van der Waals surface area (Å²) in [5.41, 5.74) is 6.98. The van der Waals surface area contributed by atoms with E-state index in [1.165, 1.54) is 6.92 Å². The Morgan fingerprint density at radius 1 is 0.906 bits per heavy atom. The molecule has 0 saturated carbocycles. The Balaban J connectivity index is 0.00000114. The Morgan fingerprint density at radius 3 is 1.81 bits per heavy atom. The Kier molecular flexibility index (Phi) is 8.63. The van der Waals surface area contributed by atoms with Crippen molar-refractivity contribution in [3.05, 3.63) is 48.5 Å². The number of ether oxygens (including phenoxy) is 2. The number of carbonyl (C=O) groups excluding carboxylic acids is 3. The van der Waals surface area contributed by atoms with Crippen molar-refractivity contribution in [2.45, 2.75) is 33.3 Å². The second-order valence-corrected chi connectivity index (χ2v) is 8.26. The summed E-state index contributed by atoms with van der Waals surface area (Å²) in [6, 6.07) is 15.8. The molecule has 8 nitrogen and oxygen atoms in total. The molecule has 2 N–H and O–H groups in total. The summed E-state index contributed by atoms with van der Waals surface area (Å²) in [5, 5.41) is 0. The van der Waals surface area contributed by atoms with E-state index in [1.807, 2.05) is 32.9 Å². The summed E-state index contributed by atoms with van der Waals surface area (Å²) >= 11 is 0. The van der Waals surface area contributed by atoms with Crippen LogP contribution in [0.3, 0.4) is 0 Å². The van der Waals surface area contributed by atoms with Gasteiger partial charge in [0, 0.05) is 38.8 Å². The van der Waals surface area contributed by atoms with Gasteiger partial charge < -0.3 is 25.0 Å². The highest BCUT2D eigenvalue weighted by Crippen LogP contribution is 2.26. The van der Waals surface area contributed by atoms with Crippen molar-refractivity contribution in [3.8, 4) is 16.9 Å². The number of benzene rings is 2. The third-order valence-corrected chi connectivity index (χ3v) is 4.61. The highest BCUT2D eigenvalue weighted by molar-refractivity contribution is 5.71. The van der Waals surface area contributed by atoms with Gasteiger partial charge in [-0.1, -0.05) is 24.3 Å². The van der Waals surface area contributed by atoms with Gasteiger partial charge in [0.15, 0.2) is 0 Å². The molecular formula is C24H31N3O5. The van der Waals surface area contributed by atoms with Crippen molar-refractivity contribution in [1.82, 2.24) is 4.90 Å². The van der Waals surface area contributed by atoms with E-state index >= 15 is 0 Å². The molecule has 0 spiro atoms. The largest absolute Gasteiger partial charge is 0.444 e. The van der Waals surface area contributed by atoms with Crippen molar-refractivity contribution in [2.75, 3.05) is 31.1 Å². The van der Waals surface area contributed by atoms with Crippen LogP contribution in [-0.4, -0.2) is 55.2 Å². The number of nitrogens with zero attached hydrogens (tertiary/aromatic N) is 2. The Bertz CT molecular complexity index is 897. The van der Waals surface area contributed by atoms with Crippen LogP contribution in [0.4, 0.5) is 10.5 Å². The molecule has 0 radical (unpaired) electrons. The second kappa shape index (κ2) is 11.2. The predicted octanol–water partition coefficient (Wildman–Crippen LogP) is 3.44. The second-order valence-electron chi connectivity index (χ2n) is 8.26. The molecule has 0 bridgehead atoms. The molecule has 1 heterocycles. The Morgan fingerprint density at radius 2 is 1.38 bits per heavy atom. The maximum Gasteiger partial charge on any atom is 0.410 e. The minimum absolute atomic E-state index is 0.246. The summed E-state index contributed by atoms with van der Waals surface area (Å²) < 4.78 is 10.5. The van der Waals surface area contributed by atoms with Crippen LogP contribution < -0.4 is 15.4 Å². The maximum atomic E-state index is 12.2. The molecule has 3 rings (SSSR count). The molecule has 0 aliphatic carbocycles. The molecule has 0 atom stereocenters. The lowest BCUT2D eigenvalue weighted by atomic mass is 10.0. The number of nitrogens with two attached hydrogens (primary N) is 1. The van der Waals surface area contributed by atoms with Crippen LogP contribution in [0.5, 0.6) is 5.75 Å². The van der Waals surface area contributed by atoms with Gasteiger partial charge in [-0.25, -0.2) is 4.79 Å². The zero-order valence-electron chi connectivity index (χ0n) is 19.0. The van der Waals surface area contributed by atoms with Crippen molar-refractivity contribution in [2.24, 2.45) is 5.73 Å². The van der Waals surface area contributed by atoms with Crippen LogP contribution in [0, 0.1) is 0 Å². The first-order valence-electron chi connectivity index (χ1n) is 10.4. The topological polar surface area (TPSA) is 102 Å². The lowest BCUT2D eigenvalue weighted by molar-refractivity contribution is -0.131. The van der Waals surface area contributed by atoms with E-state index < -0.39 is 5.60 Å². The summed E-state index contributed by atoms with van der Waals surface area (Å²) in [4.78, 5) is 35.8. The molecule has 2 aromatic rings. The van der Waals surface area contributed by atoms with Gasteiger partial charge in [-0.3, -0.25) is 9.59 Å². The van der Waals surface area contributed by atoms with Gasteiger partial charge in [0.2, 0.25) is 6.41 Å². The first kappa shape index (κ1) is 24.7. The molecule has 1 aliphatic heterocycles. The number of esters is 1. The SMILES string of the molecule is CC(=O)Oc1ccc(-c2ccc(N3CCN(C(=O)OC(C)(C)C)CC3)cc2)cc1.NC=O.